The summed E-state index contributed by atoms with van der Waals surface area (Å²) in [5, 5.41) is 7.33. The molecule has 0 spiro atoms. The SMILES string of the molecule is Cc1ccc(C)c(-c2[nH]ncc2CN(C)C(C)C(=O)N(C)C)c1. The molecule has 1 heterocycles. The Hall–Kier alpha value is -2.14. The number of amides is 1. The van der Waals surface area contributed by atoms with Gasteiger partial charge in [0.2, 0.25) is 5.91 Å². The molecule has 1 amide bonds. The summed E-state index contributed by atoms with van der Waals surface area (Å²) in [7, 11) is 5.53. The number of H-pyrrole nitrogens is 1. The van der Waals surface area contributed by atoms with Crippen molar-refractivity contribution >= 4 is 5.91 Å². The Morgan fingerprint density at radius 2 is 1.96 bits per heavy atom. The van der Waals surface area contributed by atoms with Gasteiger partial charge < -0.3 is 4.90 Å². The van der Waals surface area contributed by atoms with Crippen LogP contribution in [0.4, 0.5) is 0 Å². The maximum Gasteiger partial charge on any atom is 0.239 e. The third-order valence-corrected chi connectivity index (χ3v) is 4.26. The Bertz CT molecular complexity index is 690. The lowest BCUT2D eigenvalue weighted by Gasteiger charge is -2.26. The van der Waals surface area contributed by atoms with Gasteiger partial charge in [0.1, 0.15) is 0 Å². The number of benzene rings is 1. The molecule has 0 aliphatic heterocycles. The summed E-state index contributed by atoms with van der Waals surface area (Å²) in [6.45, 7) is 6.78. The zero-order valence-electron chi connectivity index (χ0n) is 14.8. The molecule has 23 heavy (non-hydrogen) atoms. The van der Waals surface area contributed by atoms with Crippen LogP contribution in [-0.2, 0) is 11.3 Å². The van der Waals surface area contributed by atoms with Crippen molar-refractivity contribution in [3.05, 3.63) is 41.1 Å². The Kier molecular flexibility index (Phi) is 5.21. The van der Waals surface area contributed by atoms with E-state index in [1.165, 1.54) is 11.1 Å². The molecule has 1 atom stereocenters. The minimum atomic E-state index is -0.175. The molecule has 0 fully saturated rings. The zero-order valence-corrected chi connectivity index (χ0v) is 14.8. The molecule has 0 aliphatic carbocycles. The number of carbonyl (C=O) groups excluding carboxylic acids is 1. The first-order chi connectivity index (χ1) is 10.8. The van der Waals surface area contributed by atoms with E-state index in [4.69, 9.17) is 0 Å². The number of nitrogens with zero attached hydrogens (tertiary/aromatic N) is 3. The van der Waals surface area contributed by atoms with Crippen LogP contribution in [0.5, 0.6) is 0 Å². The Balaban J connectivity index is 2.25. The second kappa shape index (κ2) is 6.96. The van der Waals surface area contributed by atoms with Crippen molar-refractivity contribution in [2.24, 2.45) is 0 Å². The minimum Gasteiger partial charge on any atom is -0.347 e. The van der Waals surface area contributed by atoms with Crippen LogP contribution in [0.25, 0.3) is 11.3 Å². The minimum absolute atomic E-state index is 0.101. The van der Waals surface area contributed by atoms with Gasteiger partial charge in [0.05, 0.1) is 17.9 Å². The van der Waals surface area contributed by atoms with E-state index >= 15 is 0 Å². The number of likely N-dealkylation sites (N-methyl/N-ethyl adjacent to an activating group) is 2. The molecule has 2 rings (SSSR count). The van der Waals surface area contributed by atoms with Crippen LogP contribution >= 0.6 is 0 Å². The van der Waals surface area contributed by atoms with E-state index in [1.54, 1.807) is 19.0 Å². The summed E-state index contributed by atoms with van der Waals surface area (Å²) < 4.78 is 0. The predicted octanol–water partition coefficient (Wildman–Crippen LogP) is 2.60. The van der Waals surface area contributed by atoms with E-state index < -0.39 is 0 Å². The zero-order chi connectivity index (χ0) is 17.1. The summed E-state index contributed by atoms with van der Waals surface area (Å²) in [6, 6.07) is 6.22. The standard InChI is InChI=1S/C18H26N4O/c1-12-7-8-13(2)16(9-12)17-15(10-19-20-17)11-22(6)14(3)18(23)21(4)5/h7-10,14H,11H2,1-6H3,(H,19,20). The second-order valence-corrected chi connectivity index (χ2v) is 6.41. The molecule has 1 unspecified atom stereocenters. The lowest BCUT2D eigenvalue weighted by atomic mass is 10.00. The van der Waals surface area contributed by atoms with Gasteiger partial charge in [-0.25, -0.2) is 0 Å². The number of nitrogens with one attached hydrogen (secondary N) is 1. The molecule has 124 valence electrons. The summed E-state index contributed by atoms with van der Waals surface area (Å²) in [6.07, 6.45) is 1.85. The van der Waals surface area contributed by atoms with Crippen LogP contribution in [0.1, 0.15) is 23.6 Å². The van der Waals surface area contributed by atoms with Crippen LogP contribution in [0.15, 0.2) is 24.4 Å². The summed E-state index contributed by atoms with van der Waals surface area (Å²) >= 11 is 0. The molecule has 0 radical (unpaired) electrons. The molecule has 2 aromatic rings. The van der Waals surface area contributed by atoms with Crippen LogP contribution in [-0.4, -0.2) is 53.1 Å². The number of aromatic amines is 1. The Morgan fingerprint density at radius 3 is 2.61 bits per heavy atom. The largest absolute Gasteiger partial charge is 0.347 e. The van der Waals surface area contributed by atoms with Crippen molar-refractivity contribution in [1.29, 1.82) is 0 Å². The van der Waals surface area contributed by atoms with E-state index in [1.807, 2.05) is 25.1 Å². The molecule has 0 aliphatic rings. The lowest BCUT2D eigenvalue weighted by molar-refractivity contribution is -0.133. The van der Waals surface area contributed by atoms with Crippen molar-refractivity contribution in [3.8, 4) is 11.3 Å². The van der Waals surface area contributed by atoms with Crippen LogP contribution in [0.2, 0.25) is 0 Å². The highest BCUT2D eigenvalue weighted by atomic mass is 16.2. The van der Waals surface area contributed by atoms with Crippen molar-refractivity contribution in [2.75, 3.05) is 21.1 Å². The molecule has 1 aromatic heterocycles. The van der Waals surface area contributed by atoms with Gasteiger partial charge in [-0.1, -0.05) is 17.7 Å². The van der Waals surface area contributed by atoms with E-state index in [0.717, 1.165) is 16.8 Å². The summed E-state index contributed by atoms with van der Waals surface area (Å²) in [4.78, 5) is 15.8. The summed E-state index contributed by atoms with van der Waals surface area (Å²) in [5.41, 5.74) is 5.72. The van der Waals surface area contributed by atoms with Crippen molar-refractivity contribution in [3.63, 3.8) is 0 Å². The molecule has 0 bridgehead atoms. The number of aromatic nitrogens is 2. The maximum atomic E-state index is 12.1. The number of rotatable bonds is 5. The molecule has 1 aromatic carbocycles. The van der Waals surface area contributed by atoms with Gasteiger partial charge in [0.25, 0.3) is 0 Å². The number of aryl methyl sites for hydroxylation is 2. The molecule has 0 saturated carbocycles. The first-order valence-electron chi connectivity index (χ1n) is 7.82. The average molecular weight is 314 g/mol. The fourth-order valence-electron chi connectivity index (χ4n) is 2.64. The highest BCUT2D eigenvalue weighted by Gasteiger charge is 2.21. The third-order valence-electron chi connectivity index (χ3n) is 4.26. The maximum absolute atomic E-state index is 12.1. The van der Waals surface area contributed by atoms with Crippen LogP contribution < -0.4 is 0 Å². The highest BCUT2D eigenvalue weighted by molar-refractivity contribution is 5.81. The molecule has 5 nitrogen and oxygen atoms in total. The molecular formula is C18H26N4O. The predicted molar refractivity (Wildman–Crippen MR) is 93.1 cm³/mol. The van der Waals surface area contributed by atoms with Gasteiger partial charge in [0.15, 0.2) is 0 Å². The number of carbonyl (C=O) groups is 1. The molecule has 1 N–H and O–H groups in total. The number of hydrogen-bond acceptors (Lipinski definition) is 3. The smallest absolute Gasteiger partial charge is 0.239 e. The van der Waals surface area contributed by atoms with Crippen molar-refractivity contribution in [2.45, 2.75) is 33.4 Å². The molecule has 5 heteroatoms. The summed E-state index contributed by atoms with van der Waals surface area (Å²) in [5.74, 6) is 0.101. The van der Waals surface area contributed by atoms with Crippen LogP contribution in [0, 0.1) is 13.8 Å². The van der Waals surface area contributed by atoms with Crippen molar-refractivity contribution in [1.82, 2.24) is 20.0 Å². The third kappa shape index (κ3) is 3.79. The second-order valence-electron chi connectivity index (χ2n) is 6.41. The van der Waals surface area contributed by atoms with Crippen molar-refractivity contribution < 1.29 is 4.79 Å². The Morgan fingerprint density at radius 1 is 1.26 bits per heavy atom. The van der Waals surface area contributed by atoms with Gasteiger partial charge in [-0.3, -0.25) is 14.8 Å². The average Bonchev–Trinajstić information content (AvgIpc) is 2.95. The first kappa shape index (κ1) is 17.2. The topological polar surface area (TPSA) is 52.2 Å². The van der Waals surface area contributed by atoms with E-state index in [-0.39, 0.29) is 11.9 Å². The number of hydrogen-bond donors (Lipinski definition) is 1. The van der Waals surface area contributed by atoms with Gasteiger partial charge in [-0.2, -0.15) is 5.10 Å². The fourth-order valence-corrected chi connectivity index (χ4v) is 2.64. The quantitative estimate of drug-likeness (QED) is 0.923. The first-order valence-corrected chi connectivity index (χ1v) is 7.82. The fraction of sp³-hybridized carbons (Fsp3) is 0.444. The van der Waals surface area contributed by atoms with Gasteiger partial charge in [0, 0.05) is 31.8 Å². The molecular weight excluding hydrogens is 288 g/mol. The monoisotopic (exact) mass is 314 g/mol. The van der Waals surface area contributed by atoms with Crippen LogP contribution in [0.3, 0.4) is 0 Å². The van der Waals surface area contributed by atoms with Gasteiger partial charge in [-0.15, -0.1) is 0 Å². The van der Waals surface area contributed by atoms with E-state index in [0.29, 0.717) is 6.54 Å². The van der Waals surface area contributed by atoms with E-state index in [2.05, 4.69) is 42.2 Å². The van der Waals surface area contributed by atoms with E-state index in [9.17, 15) is 4.79 Å². The molecule has 0 saturated heterocycles. The lowest BCUT2D eigenvalue weighted by Crippen LogP contribution is -2.42. The normalized spacial score (nSPS) is 12.5. The van der Waals surface area contributed by atoms with Gasteiger partial charge >= 0.3 is 0 Å². The Labute approximate surface area is 138 Å². The van der Waals surface area contributed by atoms with Gasteiger partial charge in [-0.05, 0) is 39.4 Å². The highest BCUT2D eigenvalue weighted by Crippen LogP contribution is 2.26.